The molecule has 1 aromatic carbocycles. The summed E-state index contributed by atoms with van der Waals surface area (Å²) in [5, 5.41) is 8.85. The van der Waals surface area contributed by atoms with Crippen LogP contribution in [0.4, 0.5) is 0 Å². The highest BCUT2D eigenvalue weighted by Gasteiger charge is 1.98. The Morgan fingerprint density at radius 1 is 1.23 bits per heavy atom. The van der Waals surface area contributed by atoms with Crippen molar-refractivity contribution in [3.63, 3.8) is 0 Å². The van der Waals surface area contributed by atoms with Gasteiger partial charge in [-0.05, 0) is 11.1 Å². The summed E-state index contributed by atoms with van der Waals surface area (Å²) in [7, 11) is 0. The largest absolute Gasteiger partial charge is 0.392 e. The van der Waals surface area contributed by atoms with Gasteiger partial charge >= 0.3 is 0 Å². The van der Waals surface area contributed by atoms with E-state index >= 15 is 0 Å². The second-order valence-corrected chi connectivity index (χ2v) is 3.61. The first kappa shape index (κ1) is 8.41. The molecule has 0 fully saturated rings. The Kier molecular flexibility index (Phi) is 2.38. The number of thiazole rings is 1. The maximum absolute atomic E-state index is 8.85. The molecule has 1 N–H and O–H groups in total. The number of aliphatic hydroxyl groups is 1. The first-order valence-corrected chi connectivity index (χ1v) is 4.87. The Morgan fingerprint density at radius 3 is 2.54 bits per heavy atom. The molecule has 0 atom stereocenters. The Balaban J connectivity index is 2.33. The second-order valence-electron chi connectivity index (χ2n) is 2.72. The molecular formula is C10H9NOS. The predicted molar refractivity (Wildman–Crippen MR) is 53.5 cm³/mol. The van der Waals surface area contributed by atoms with E-state index in [0.717, 1.165) is 16.0 Å². The summed E-state index contributed by atoms with van der Waals surface area (Å²) < 4.78 is 0. The SMILES string of the molecule is OCc1ccc(-c2cncs2)cc1. The average Bonchev–Trinajstić information content (AvgIpc) is 2.71. The van der Waals surface area contributed by atoms with E-state index in [2.05, 4.69) is 4.98 Å². The lowest BCUT2D eigenvalue weighted by molar-refractivity contribution is 0.282. The number of hydrogen-bond acceptors (Lipinski definition) is 3. The number of hydrogen-bond donors (Lipinski definition) is 1. The number of nitrogens with zero attached hydrogens (tertiary/aromatic N) is 1. The summed E-state index contributed by atoms with van der Waals surface area (Å²) in [6.45, 7) is 0.100. The van der Waals surface area contributed by atoms with Crippen LogP contribution in [0.25, 0.3) is 10.4 Å². The third-order valence-corrected chi connectivity index (χ3v) is 2.68. The summed E-state index contributed by atoms with van der Waals surface area (Å²) in [6.07, 6.45) is 1.85. The van der Waals surface area contributed by atoms with Crippen molar-refractivity contribution in [2.45, 2.75) is 6.61 Å². The fraction of sp³-hybridized carbons (Fsp3) is 0.100. The second kappa shape index (κ2) is 3.68. The highest BCUT2D eigenvalue weighted by Crippen LogP contribution is 2.23. The summed E-state index contributed by atoms with van der Waals surface area (Å²) in [5.41, 5.74) is 3.91. The number of benzene rings is 1. The molecule has 0 aliphatic heterocycles. The maximum Gasteiger partial charge on any atom is 0.0797 e. The minimum absolute atomic E-state index is 0.100. The summed E-state index contributed by atoms with van der Waals surface area (Å²) >= 11 is 1.62. The van der Waals surface area contributed by atoms with Gasteiger partial charge in [-0.15, -0.1) is 11.3 Å². The molecule has 0 amide bonds. The van der Waals surface area contributed by atoms with Crippen LogP contribution in [0.2, 0.25) is 0 Å². The Labute approximate surface area is 80.5 Å². The molecule has 66 valence electrons. The van der Waals surface area contributed by atoms with Gasteiger partial charge in [-0.25, -0.2) is 0 Å². The van der Waals surface area contributed by atoms with E-state index in [1.165, 1.54) is 0 Å². The van der Waals surface area contributed by atoms with Gasteiger partial charge in [-0.3, -0.25) is 4.98 Å². The zero-order valence-electron chi connectivity index (χ0n) is 6.97. The van der Waals surface area contributed by atoms with Crippen LogP contribution >= 0.6 is 11.3 Å². The molecule has 3 heteroatoms. The molecule has 13 heavy (non-hydrogen) atoms. The van der Waals surface area contributed by atoms with Gasteiger partial charge in [0, 0.05) is 6.20 Å². The van der Waals surface area contributed by atoms with Crippen molar-refractivity contribution in [1.82, 2.24) is 4.98 Å². The minimum atomic E-state index is 0.100. The van der Waals surface area contributed by atoms with E-state index in [9.17, 15) is 0 Å². The zero-order chi connectivity index (χ0) is 9.10. The normalized spacial score (nSPS) is 10.2. The molecule has 2 rings (SSSR count). The van der Waals surface area contributed by atoms with Crippen LogP contribution in [0.1, 0.15) is 5.56 Å². The van der Waals surface area contributed by atoms with Crippen molar-refractivity contribution < 1.29 is 5.11 Å². The molecule has 0 bridgehead atoms. The molecular weight excluding hydrogens is 182 g/mol. The molecule has 2 aromatic rings. The van der Waals surface area contributed by atoms with E-state index in [1.807, 2.05) is 36.0 Å². The van der Waals surface area contributed by atoms with Gasteiger partial charge in [0.05, 0.1) is 17.0 Å². The van der Waals surface area contributed by atoms with Crippen molar-refractivity contribution in [3.05, 3.63) is 41.5 Å². The lowest BCUT2D eigenvalue weighted by Crippen LogP contribution is -1.81. The molecule has 1 heterocycles. The highest BCUT2D eigenvalue weighted by atomic mass is 32.1. The molecule has 0 spiro atoms. The van der Waals surface area contributed by atoms with Gasteiger partial charge < -0.3 is 5.11 Å². The highest BCUT2D eigenvalue weighted by molar-refractivity contribution is 7.13. The van der Waals surface area contributed by atoms with Crippen LogP contribution in [0.15, 0.2) is 36.0 Å². The quantitative estimate of drug-likeness (QED) is 0.790. The van der Waals surface area contributed by atoms with E-state index in [1.54, 1.807) is 11.3 Å². The van der Waals surface area contributed by atoms with Crippen LogP contribution in [0.5, 0.6) is 0 Å². The molecule has 0 unspecified atom stereocenters. The Bertz CT molecular complexity index is 366. The summed E-state index contributed by atoms with van der Waals surface area (Å²) in [4.78, 5) is 5.17. The first-order valence-electron chi connectivity index (χ1n) is 3.99. The van der Waals surface area contributed by atoms with Crippen LogP contribution < -0.4 is 0 Å². The van der Waals surface area contributed by atoms with E-state index < -0.39 is 0 Å². The Morgan fingerprint density at radius 2 is 2.00 bits per heavy atom. The third kappa shape index (κ3) is 1.76. The third-order valence-electron chi connectivity index (χ3n) is 1.85. The fourth-order valence-corrected chi connectivity index (χ4v) is 1.76. The lowest BCUT2D eigenvalue weighted by Gasteiger charge is -1.98. The van der Waals surface area contributed by atoms with Crippen molar-refractivity contribution in [2.75, 3.05) is 0 Å². The van der Waals surface area contributed by atoms with Gasteiger partial charge in [0.25, 0.3) is 0 Å². The molecule has 0 aliphatic carbocycles. The van der Waals surface area contributed by atoms with E-state index in [4.69, 9.17) is 5.11 Å². The monoisotopic (exact) mass is 191 g/mol. The first-order chi connectivity index (χ1) is 6.40. The van der Waals surface area contributed by atoms with Crippen LogP contribution in [-0.4, -0.2) is 10.1 Å². The van der Waals surface area contributed by atoms with Crippen molar-refractivity contribution in [3.8, 4) is 10.4 Å². The molecule has 0 radical (unpaired) electrons. The van der Waals surface area contributed by atoms with Gasteiger partial charge in [-0.2, -0.15) is 0 Å². The molecule has 0 aliphatic rings. The van der Waals surface area contributed by atoms with Crippen molar-refractivity contribution in [2.24, 2.45) is 0 Å². The smallest absolute Gasteiger partial charge is 0.0797 e. The van der Waals surface area contributed by atoms with Crippen LogP contribution in [-0.2, 0) is 6.61 Å². The zero-order valence-corrected chi connectivity index (χ0v) is 7.79. The van der Waals surface area contributed by atoms with Crippen molar-refractivity contribution >= 4 is 11.3 Å². The van der Waals surface area contributed by atoms with Gasteiger partial charge in [0.2, 0.25) is 0 Å². The van der Waals surface area contributed by atoms with E-state index in [-0.39, 0.29) is 6.61 Å². The topological polar surface area (TPSA) is 33.1 Å². The molecule has 0 saturated carbocycles. The van der Waals surface area contributed by atoms with Crippen LogP contribution in [0.3, 0.4) is 0 Å². The molecule has 1 aromatic heterocycles. The average molecular weight is 191 g/mol. The standard InChI is InChI=1S/C10H9NOS/c12-6-8-1-3-9(4-2-8)10-5-11-7-13-10/h1-5,7,12H,6H2. The predicted octanol–water partition coefficient (Wildman–Crippen LogP) is 2.30. The lowest BCUT2D eigenvalue weighted by atomic mass is 10.1. The number of aromatic nitrogens is 1. The number of rotatable bonds is 2. The Hall–Kier alpha value is -1.19. The van der Waals surface area contributed by atoms with Gasteiger partial charge in [-0.1, -0.05) is 24.3 Å². The maximum atomic E-state index is 8.85. The fourth-order valence-electron chi connectivity index (χ4n) is 1.13. The van der Waals surface area contributed by atoms with Crippen LogP contribution in [0, 0.1) is 0 Å². The number of aliphatic hydroxyl groups excluding tert-OH is 1. The minimum Gasteiger partial charge on any atom is -0.392 e. The van der Waals surface area contributed by atoms with Crippen molar-refractivity contribution in [1.29, 1.82) is 0 Å². The molecule has 0 saturated heterocycles. The molecule has 2 nitrogen and oxygen atoms in total. The van der Waals surface area contributed by atoms with Gasteiger partial charge in [0.15, 0.2) is 0 Å². The van der Waals surface area contributed by atoms with E-state index in [0.29, 0.717) is 0 Å². The summed E-state index contributed by atoms with van der Waals surface area (Å²) in [5.74, 6) is 0. The summed E-state index contributed by atoms with van der Waals surface area (Å²) in [6, 6.07) is 7.85. The van der Waals surface area contributed by atoms with Gasteiger partial charge in [0.1, 0.15) is 0 Å².